The number of aromatic nitrogens is 1. The minimum Gasteiger partial charge on any atom is -0.481 e. The van der Waals surface area contributed by atoms with E-state index in [-0.39, 0.29) is 6.04 Å². The first-order valence-corrected chi connectivity index (χ1v) is 7.01. The minimum atomic E-state index is 0.0934. The maximum Gasteiger partial charge on any atom is 0.217 e. The van der Waals surface area contributed by atoms with Gasteiger partial charge in [0, 0.05) is 17.8 Å². The average molecular weight is 311 g/mol. The molecule has 1 heterocycles. The van der Waals surface area contributed by atoms with Crippen LogP contribution >= 0.6 is 23.2 Å². The summed E-state index contributed by atoms with van der Waals surface area (Å²) in [7, 11) is 3.53. The molecule has 0 saturated carbocycles. The molecule has 0 aliphatic rings. The molecule has 0 amide bonds. The summed E-state index contributed by atoms with van der Waals surface area (Å²) in [5.41, 5.74) is 2.12. The van der Waals surface area contributed by atoms with Gasteiger partial charge < -0.3 is 10.1 Å². The van der Waals surface area contributed by atoms with Crippen molar-refractivity contribution in [3.05, 3.63) is 57.7 Å². The molecule has 0 aliphatic heterocycles. The van der Waals surface area contributed by atoms with Crippen LogP contribution in [0.4, 0.5) is 0 Å². The van der Waals surface area contributed by atoms with Gasteiger partial charge in [0.15, 0.2) is 0 Å². The summed E-state index contributed by atoms with van der Waals surface area (Å²) in [5.74, 6) is 0.631. The molecule has 5 heteroatoms. The Kier molecular flexibility index (Phi) is 5.24. The fraction of sp³-hybridized carbons (Fsp3) is 0.267. The molecule has 1 N–H and O–H groups in total. The van der Waals surface area contributed by atoms with Gasteiger partial charge in [0.25, 0.3) is 0 Å². The van der Waals surface area contributed by atoms with Gasteiger partial charge in [-0.25, -0.2) is 4.98 Å². The SMILES string of the molecule is CNC(Cc1ccc(Cl)c(Cl)c1)c1cccnc1OC. The second-order valence-electron chi connectivity index (χ2n) is 4.40. The summed E-state index contributed by atoms with van der Waals surface area (Å²) in [4.78, 5) is 4.23. The summed E-state index contributed by atoms with van der Waals surface area (Å²) >= 11 is 12.0. The number of nitrogens with zero attached hydrogens (tertiary/aromatic N) is 1. The maximum absolute atomic E-state index is 6.06. The number of benzene rings is 1. The molecular weight excluding hydrogens is 295 g/mol. The number of nitrogens with one attached hydrogen (secondary N) is 1. The number of hydrogen-bond donors (Lipinski definition) is 1. The second kappa shape index (κ2) is 6.93. The molecule has 2 rings (SSSR count). The lowest BCUT2D eigenvalue weighted by atomic mass is 10.00. The van der Waals surface area contributed by atoms with Crippen LogP contribution in [0.5, 0.6) is 5.88 Å². The zero-order chi connectivity index (χ0) is 14.5. The summed E-state index contributed by atoms with van der Waals surface area (Å²) in [6, 6.07) is 9.67. The highest BCUT2D eigenvalue weighted by Crippen LogP contribution is 2.28. The predicted molar refractivity (Wildman–Crippen MR) is 82.8 cm³/mol. The van der Waals surface area contributed by atoms with Gasteiger partial charge in [-0.1, -0.05) is 35.3 Å². The fourth-order valence-electron chi connectivity index (χ4n) is 2.11. The first-order valence-electron chi connectivity index (χ1n) is 6.25. The van der Waals surface area contributed by atoms with Gasteiger partial charge in [-0.3, -0.25) is 0 Å². The van der Waals surface area contributed by atoms with Crippen LogP contribution in [0.3, 0.4) is 0 Å². The van der Waals surface area contributed by atoms with E-state index in [9.17, 15) is 0 Å². The Morgan fingerprint density at radius 1 is 1.25 bits per heavy atom. The number of ether oxygens (including phenoxy) is 1. The van der Waals surface area contributed by atoms with Gasteiger partial charge in [0.2, 0.25) is 5.88 Å². The lowest BCUT2D eigenvalue weighted by Gasteiger charge is -2.18. The van der Waals surface area contributed by atoms with Crippen molar-refractivity contribution in [3.8, 4) is 5.88 Å². The molecule has 0 aliphatic carbocycles. The normalized spacial score (nSPS) is 12.2. The highest BCUT2D eigenvalue weighted by molar-refractivity contribution is 6.42. The molecule has 1 aromatic carbocycles. The zero-order valence-corrected chi connectivity index (χ0v) is 12.9. The van der Waals surface area contributed by atoms with Crippen LogP contribution in [-0.4, -0.2) is 19.1 Å². The summed E-state index contributed by atoms with van der Waals surface area (Å²) in [5, 5.41) is 4.41. The average Bonchev–Trinajstić information content (AvgIpc) is 2.48. The second-order valence-corrected chi connectivity index (χ2v) is 5.21. The van der Waals surface area contributed by atoms with E-state index < -0.39 is 0 Å². The van der Waals surface area contributed by atoms with Crippen LogP contribution < -0.4 is 10.1 Å². The molecule has 0 radical (unpaired) electrons. The number of pyridine rings is 1. The minimum absolute atomic E-state index is 0.0934. The van der Waals surface area contributed by atoms with E-state index in [1.54, 1.807) is 13.3 Å². The third kappa shape index (κ3) is 3.42. The molecular formula is C15H16Cl2N2O. The molecule has 0 fully saturated rings. The highest BCUT2D eigenvalue weighted by atomic mass is 35.5. The first-order chi connectivity index (χ1) is 9.65. The van der Waals surface area contributed by atoms with Gasteiger partial charge in [-0.15, -0.1) is 0 Å². The lowest BCUT2D eigenvalue weighted by Crippen LogP contribution is -2.20. The summed E-state index contributed by atoms with van der Waals surface area (Å²) in [6.45, 7) is 0. The van der Waals surface area contributed by atoms with Crippen molar-refractivity contribution in [2.45, 2.75) is 12.5 Å². The molecule has 1 unspecified atom stereocenters. The Bertz CT molecular complexity index is 590. The highest BCUT2D eigenvalue weighted by Gasteiger charge is 2.16. The number of halogens is 2. The molecule has 0 bridgehead atoms. The Morgan fingerprint density at radius 3 is 2.70 bits per heavy atom. The van der Waals surface area contributed by atoms with Gasteiger partial charge in [0.1, 0.15) is 0 Å². The monoisotopic (exact) mass is 310 g/mol. The van der Waals surface area contributed by atoms with Crippen molar-refractivity contribution >= 4 is 23.2 Å². The Labute approximate surface area is 128 Å². The molecule has 0 spiro atoms. The topological polar surface area (TPSA) is 34.2 Å². The summed E-state index contributed by atoms with van der Waals surface area (Å²) in [6.07, 6.45) is 2.49. The molecule has 106 valence electrons. The van der Waals surface area contributed by atoms with Crippen molar-refractivity contribution in [1.82, 2.24) is 10.3 Å². The Balaban J connectivity index is 2.26. The fourth-order valence-corrected chi connectivity index (χ4v) is 2.43. The van der Waals surface area contributed by atoms with Gasteiger partial charge in [0.05, 0.1) is 17.2 Å². The smallest absolute Gasteiger partial charge is 0.217 e. The largest absolute Gasteiger partial charge is 0.481 e. The Morgan fingerprint density at radius 2 is 2.05 bits per heavy atom. The van der Waals surface area contributed by atoms with Crippen molar-refractivity contribution in [2.75, 3.05) is 14.2 Å². The molecule has 0 saturated heterocycles. The first kappa shape index (κ1) is 15.1. The number of rotatable bonds is 5. The van der Waals surface area contributed by atoms with E-state index in [0.29, 0.717) is 15.9 Å². The van der Waals surface area contributed by atoms with Crippen molar-refractivity contribution < 1.29 is 4.74 Å². The van der Waals surface area contributed by atoms with Crippen molar-refractivity contribution in [2.24, 2.45) is 0 Å². The van der Waals surface area contributed by atoms with Crippen molar-refractivity contribution in [1.29, 1.82) is 0 Å². The quantitative estimate of drug-likeness (QED) is 0.909. The van der Waals surface area contributed by atoms with E-state index in [2.05, 4.69) is 10.3 Å². The molecule has 3 nitrogen and oxygen atoms in total. The van der Waals surface area contributed by atoms with Crippen LogP contribution in [0, 0.1) is 0 Å². The van der Waals surface area contributed by atoms with Crippen LogP contribution in [-0.2, 0) is 6.42 Å². The number of likely N-dealkylation sites (N-methyl/N-ethyl adjacent to an activating group) is 1. The Hall–Kier alpha value is -1.29. The standard InChI is InChI=1S/C15H16Cl2N2O/c1-18-14(11-4-3-7-19-15(11)20-2)9-10-5-6-12(16)13(17)8-10/h3-8,14,18H,9H2,1-2H3. The van der Waals surface area contributed by atoms with Crippen molar-refractivity contribution in [3.63, 3.8) is 0 Å². The van der Waals surface area contributed by atoms with Gasteiger partial charge in [-0.05, 0) is 37.2 Å². The van der Waals surface area contributed by atoms with Crippen LogP contribution in [0.15, 0.2) is 36.5 Å². The van der Waals surface area contributed by atoms with Gasteiger partial charge in [-0.2, -0.15) is 0 Å². The maximum atomic E-state index is 6.06. The predicted octanol–water partition coefficient (Wildman–Crippen LogP) is 3.90. The third-order valence-corrected chi connectivity index (χ3v) is 3.88. The van der Waals surface area contributed by atoms with Crippen LogP contribution in [0.25, 0.3) is 0 Å². The lowest BCUT2D eigenvalue weighted by molar-refractivity contribution is 0.384. The molecule has 20 heavy (non-hydrogen) atoms. The molecule has 1 aromatic heterocycles. The summed E-state index contributed by atoms with van der Waals surface area (Å²) < 4.78 is 5.31. The van der Waals surface area contributed by atoms with Crippen LogP contribution in [0.1, 0.15) is 17.2 Å². The van der Waals surface area contributed by atoms with E-state index in [1.807, 2.05) is 37.4 Å². The van der Waals surface area contributed by atoms with E-state index in [1.165, 1.54) is 0 Å². The van der Waals surface area contributed by atoms with E-state index >= 15 is 0 Å². The number of hydrogen-bond acceptors (Lipinski definition) is 3. The van der Waals surface area contributed by atoms with Gasteiger partial charge >= 0.3 is 0 Å². The van der Waals surface area contributed by atoms with Crippen LogP contribution in [0.2, 0.25) is 10.0 Å². The molecule has 2 aromatic rings. The third-order valence-electron chi connectivity index (χ3n) is 3.14. The zero-order valence-electron chi connectivity index (χ0n) is 11.4. The number of methoxy groups -OCH3 is 1. The van der Waals surface area contributed by atoms with E-state index in [4.69, 9.17) is 27.9 Å². The molecule has 1 atom stereocenters. The van der Waals surface area contributed by atoms with E-state index in [0.717, 1.165) is 17.5 Å².